The fourth-order valence-electron chi connectivity index (χ4n) is 2.95. The zero-order valence-electron chi connectivity index (χ0n) is 15.0. The van der Waals surface area contributed by atoms with Crippen molar-refractivity contribution in [2.45, 2.75) is 57.5 Å². The van der Waals surface area contributed by atoms with Gasteiger partial charge in [-0.1, -0.05) is 38.8 Å². The van der Waals surface area contributed by atoms with Gasteiger partial charge in [0.25, 0.3) is 0 Å². The van der Waals surface area contributed by atoms with Crippen molar-refractivity contribution < 1.29 is 19.4 Å². The topological polar surface area (TPSA) is 102 Å². The van der Waals surface area contributed by atoms with E-state index in [4.69, 9.17) is 10.5 Å². The average Bonchev–Trinajstić information content (AvgIpc) is 3.02. The summed E-state index contributed by atoms with van der Waals surface area (Å²) in [6.07, 6.45) is 3.39. The van der Waals surface area contributed by atoms with E-state index in [9.17, 15) is 14.7 Å². The smallest absolute Gasteiger partial charge is 0.328 e. The van der Waals surface area contributed by atoms with E-state index in [0.717, 1.165) is 18.4 Å². The third-order valence-electron chi connectivity index (χ3n) is 4.47. The standard InChI is InChI=1S/C19H28N2O4/c1-13(2)12-25-17(23)16(11-14-5-7-15(22)8-6-14)21-18(24)19(20)9-3-4-10-19/h5-8,13,16,22H,3-4,9-12,20H2,1-2H3,(H,21,24)/t16-/m0/s1. The quantitative estimate of drug-likeness (QED) is 0.653. The van der Waals surface area contributed by atoms with E-state index < -0.39 is 17.6 Å². The number of amides is 1. The van der Waals surface area contributed by atoms with Gasteiger partial charge in [0.2, 0.25) is 5.91 Å². The first-order valence-electron chi connectivity index (χ1n) is 8.84. The van der Waals surface area contributed by atoms with Crippen LogP contribution >= 0.6 is 0 Å². The summed E-state index contributed by atoms with van der Waals surface area (Å²) in [5.74, 6) is -0.393. The van der Waals surface area contributed by atoms with Gasteiger partial charge in [-0.05, 0) is 36.5 Å². The maximum atomic E-state index is 12.6. The highest BCUT2D eigenvalue weighted by Gasteiger charge is 2.39. The van der Waals surface area contributed by atoms with Crippen LogP contribution in [0.25, 0.3) is 0 Å². The van der Waals surface area contributed by atoms with Gasteiger partial charge in [-0.15, -0.1) is 0 Å². The lowest BCUT2D eigenvalue weighted by Gasteiger charge is -2.26. The van der Waals surface area contributed by atoms with Crippen molar-refractivity contribution in [1.29, 1.82) is 0 Å². The van der Waals surface area contributed by atoms with Crippen molar-refractivity contribution in [1.82, 2.24) is 5.32 Å². The fraction of sp³-hybridized carbons (Fsp3) is 0.579. The Balaban J connectivity index is 2.08. The molecule has 0 aromatic heterocycles. The lowest BCUT2D eigenvalue weighted by Crippen LogP contribution is -2.56. The van der Waals surface area contributed by atoms with Gasteiger partial charge in [0, 0.05) is 6.42 Å². The van der Waals surface area contributed by atoms with E-state index in [1.165, 1.54) is 0 Å². The van der Waals surface area contributed by atoms with Crippen molar-refractivity contribution in [3.8, 4) is 5.75 Å². The molecule has 2 rings (SSSR count). The molecule has 0 heterocycles. The lowest BCUT2D eigenvalue weighted by atomic mass is 9.96. The summed E-state index contributed by atoms with van der Waals surface area (Å²) >= 11 is 0. The van der Waals surface area contributed by atoms with Gasteiger partial charge in [-0.3, -0.25) is 4.79 Å². The molecule has 1 amide bonds. The molecule has 4 N–H and O–H groups in total. The van der Waals surface area contributed by atoms with Gasteiger partial charge in [0.1, 0.15) is 11.8 Å². The van der Waals surface area contributed by atoms with E-state index in [-0.39, 0.29) is 17.6 Å². The molecule has 6 heteroatoms. The molecular weight excluding hydrogens is 320 g/mol. The van der Waals surface area contributed by atoms with Gasteiger partial charge < -0.3 is 20.9 Å². The Morgan fingerprint density at radius 1 is 1.24 bits per heavy atom. The molecule has 1 aromatic rings. The molecular formula is C19H28N2O4. The zero-order chi connectivity index (χ0) is 18.4. The van der Waals surface area contributed by atoms with Crippen molar-refractivity contribution in [2.24, 2.45) is 11.7 Å². The van der Waals surface area contributed by atoms with Crippen LogP contribution in [0.2, 0.25) is 0 Å². The second kappa shape index (κ2) is 8.34. The molecule has 0 aliphatic heterocycles. The summed E-state index contributed by atoms with van der Waals surface area (Å²) in [5.41, 5.74) is 6.11. The number of carbonyl (C=O) groups is 2. The number of hydrogen-bond donors (Lipinski definition) is 3. The molecule has 0 bridgehead atoms. The predicted molar refractivity (Wildman–Crippen MR) is 94.9 cm³/mol. The normalized spacial score (nSPS) is 17.3. The lowest BCUT2D eigenvalue weighted by molar-refractivity contribution is -0.149. The van der Waals surface area contributed by atoms with Gasteiger partial charge >= 0.3 is 5.97 Å². The van der Waals surface area contributed by atoms with Crippen LogP contribution in [0.5, 0.6) is 5.75 Å². The Hall–Kier alpha value is -2.08. The maximum absolute atomic E-state index is 12.6. The summed E-state index contributed by atoms with van der Waals surface area (Å²) < 4.78 is 5.31. The van der Waals surface area contributed by atoms with Gasteiger partial charge in [0.05, 0.1) is 12.1 Å². The molecule has 25 heavy (non-hydrogen) atoms. The van der Waals surface area contributed by atoms with Crippen LogP contribution in [0.3, 0.4) is 0 Å². The van der Waals surface area contributed by atoms with E-state index in [0.29, 0.717) is 25.9 Å². The van der Waals surface area contributed by atoms with E-state index in [2.05, 4.69) is 5.32 Å². The minimum atomic E-state index is -0.897. The second-order valence-corrected chi connectivity index (χ2v) is 7.28. The monoisotopic (exact) mass is 348 g/mol. The Morgan fingerprint density at radius 2 is 1.84 bits per heavy atom. The number of aromatic hydroxyl groups is 1. The van der Waals surface area contributed by atoms with Crippen molar-refractivity contribution in [3.63, 3.8) is 0 Å². The number of nitrogens with two attached hydrogens (primary N) is 1. The molecule has 138 valence electrons. The van der Waals surface area contributed by atoms with Gasteiger partial charge in [-0.25, -0.2) is 4.79 Å². The molecule has 1 atom stereocenters. The Kier molecular flexibility index (Phi) is 6.42. The second-order valence-electron chi connectivity index (χ2n) is 7.28. The first-order valence-corrected chi connectivity index (χ1v) is 8.84. The minimum absolute atomic E-state index is 0.151. The molecule has 0 radical (unpaired) electrons. The maximum Gasteiger partial charge on any atom is 0.328 e. The zero-order valence-corrected chi connectivity index (χ0v) is 15.0. The molecule has 1 aromatic carbocycles. The fourth-order valence-corrected chi connectivity index (χ4v) is 2.95. The van der Waals surface area contributed by atoms with Crippen LogP contribution < -0.4 is 11.1 Å². The largest absolute Gasteiger partial charge is 0.508 e. The third-order valence-corrected chi connectivity index (χ3v) is 4.47. The van der Waals surface area contributed by atoms with Crippen LogP contribution in [0.1, 0.15) is 45.1 Å². The highest BCUT2D eigenvalue weighted by molar-refractivity contribution is 5.90. The number of phenolic OH excluding ortho intramolecular Hbond substituents is 1. The van der Waals surface area contributed by atoms with Crippen molar-refractivity contribution >= 4 is 11.9 Å². The highest BCUT2D eigenvalue weighted by atomic mass is 16.5. The van der Waals surface area contributed by atoms with Crippen molar-refractivity contribution in [3.05, 3.63) is 29.8 Å². The SMILES string of the molecule is CC(C)COC(=O)[C@H](Cc1ccc(O)cc1)NC(=O)C1(N)CCCC1. The number of ether oxygens (including phenoxy) is 1. The number of hydrogen-bond acceptors (Lipinski definition) is 5. The molecule has 1 fully saturated rings. The van der Waals surface area contributed by atoms with E-state index in [1.807, 2.05) is 13.8 Å². The molecule has 1 aliphatic carbocycles. The van der Waals surface area contributed by atoms with Crippen LogP contribution in [-0.4, -0.2) is 35.2 Å². The number of phenols is 1. The molecule has 6 nitrogen and oxygen atoms in total. The summed E-state index contributed by atoms with van der Waals surface area (Å²) in [4.78, 5) is 25.0. The van der Waals surface area contributed by atoms with Gasteiger partial charge in [-0.2, -0.15) is 0 Å². The Labute approximate surface area is 148 Å². The third kappa shape index (κ3) is 5.46. The number of rotatable bonds is 7. The van der Waals surface area contributed by atoms with E-state index >= 15 is 0 Å². The number of benzene rings is 1. The minimum Gasteiger partial charge on any atom is -0.508 e. The van der Waals surface area contributed by atoms with Crippen LogP contribution in [-0.2, 0) is 20.7 Å². The summed E-state index contributed by atoms with van der Waals surface area (Å²) in [6.45, 7) is 4.21. The predicted octanol–water partition coefficient (Wildman–Crippen LogP) is 1.89. The number of carbonyl (C=O) groups excluding carboxylic acids is 2. The molecule has 1 aliphatic rings. The first-order chi connectivity index (χ1) is 11.8. The summed E-state index contributed by atoms with van der Waals surface area (Å²) in [7, 11) is 0. The Bertz CT molecular complexity index is 592. The van der Waals surface area contributed by atoms with E-state index in [1.54, 1.807) is 24.3 Å². The average molecular weight is 348 g/mol. The molecule has 0 saturated heterocycles. The first kappa shape index (κ1) is 19.2. The van der Waals surface area contributed by atoms with Crippen LogP contribution in [0.4, 0.5) is 0 Å². The molecule has 0 spiro atoms. The number of esters is 1. The molecule has 0 unspecified atom stereocenters. The van der Waals surface area contributed by atoms with Crippen LogP contribution in [0, 0.1) is 5.92 Å². The molecule has 1 saturated carbocycles. The van der Waals surface area contributed by atoms with Crippen LogP contribution in [0.15, 0.2) is 24.3 Å². The summed E-state index contributed by atoms with van der Waals surface area (Å²) in [6, 6.07) is 5.75. The highest BCUT2D eigenvalue weighted by Crippen LogP contribution is 2.27. The van der Waals surface area contributed by atoms with Gasteiger partial charge in [0.15, 0.2) is 0 Å². The Morgan fingerprint density at radius 3 is 2.40 bits per heavy atom. The van der Waals surface area contributed by atoms with Crippen molar-refractivity contribution in [2.75, 3.05) is 6.61 Å². The number of nitrogens with one attached hydrogen (secondary N) is 1. The summed E-state index contributed by atoms with van der Waals surface area (Å²) in [5, 5.41) is 12.2.